The van der Waals surface area contributed by atoms with Crippen LogP contribution in [0.5, 0.6) is 0 Å². The third kappa shape index (κ3) is 4.40. The van der Waals surface area contributed by atoms with Crippen molar-refractivity contribution in [2.45, 2.75) is 32.9 Å². The molecule has 0 spiro atoms. The van der Waals surface area contributed by atoms with Gasteiger partial charge in [0.15, 0.2) is 6.10 Å². The fourth-order valence-corrected chi connectivity index (χ4v) is 3.93. The topological polar surface area (TPSA) is 71.5 Å². The molecule has 0 bridgehead atoms. The van der Waals surface area contributed by atoms with Gasteiger partial charge in [0.1, 0.15) is 0 Å². The first-order valence-corrected chi connectivity index (χ1v) is 10.6. The van der Waals surface area contributed by atoms with Crippen LogP contribution in [0, 0.1) is 6.92 Å². The van der Waals surface area contributed by atoms with E-state index in [9.17, 15) is 9.59 Å². The number of para-hydroxylation sites is 1. The van der Waals surface area contributed by atoms with E-state index in [1.807, 2.05) is 44.3 Å². The van der Waals surface area contributed by atoms with Gasteiger partial charge in [0.25, 0.3) is 5.91 Å². The number of carbonyl (C=O) groups is 2. The number of benzene rings is 2. The molecule has 1 aliphatic rings. The molecule has 0 saturated carbocycles. The van der Waals surface area contributed by atoms with Crippen LogP contribution in [-0.2, 0) is 22.5 Å². The number of nitrogens with zero attached hydrogens (tertiary/aromatic N) is 2. The monoisotopic (exact) mass is 437 g/mol. The van der Waals surface area contributed by atoms with Crippen molar-refractivity contribution < 1.29 is 14.3 Å². The largest absolute Gasteiger partial charge is 0.449 e. The van der Waals surface area contributed by atoms with Crippen molar-refractivity contribution in [2.24, 2.45) is 0 Å². The SMILES string of the molecule is Cc1ccc(NC(=O)C(C)OC(=O)c2c3c(nc4ccccc24)CCN(C)C3)cc1Cl. The minimum atomic E-state index is -0.975. The summed E-state index contributed by atoms with van der Waals surface area (Å²) < 4.78 is 5.60. The second-order valence-electron chi connectivity index (χ2n) is 7.92. The van der Waals surface area contributed by atoms with Crippen molar-refractivity contribution in [2.75, 3.05) is 18.9 Å². The van der Waals surface area contributed by atoms with Crippen LogP contribution in [0.4, 0.5) is 5.69 Å². The third-order valence-electron chi connectivity index (χ3n) is 5.53. The molecule has 1 amide bonds. The first-order valence-electron chi connectivity index (χ1n) is 10.2. The Hall–Kier alpha value is -2.96. The zero-order valence-corrected chi connectivity index (χ0v) is 18.5. The maximum absolute atomic E-state index is 13.2. The van der Waals surface area contributed by atoms with Crippen LogP contribution in [0.25, 0.3) is 10.9 Å². The number of amides is 1. The van der Waals surface area contributed by atoms with Crippen LogP contribution in [0.1, 0.15) is 34.1 Å². The van der Waals surface area contributed by atoms with Crippen molar-refractivity contribution in [1.82, 2.24) is 9.88 Å². The number of pyridine rings is 1. The molecule has 1 aromatic heterocycles. The number of anilines is 1. The molecule has 0 saturated heterocycles. The van der Waals surface area contributed by atoms with Gasteiger partial charge in [-0.3, -0.25) is 9.78 Å². The van der Waals surface area contributed by atoms with Crippen LogP contribution >= 0.6 is 11.6 Å². The Morgan fingerprint density at radius 2 is 2.00 bits per heavy atom. The Morgan fingerprint density at radius 3 is 2.77 bits per heavy atom. The summed E-state index contributed by atoms with van der Waals surface area (Å²) in [4.78, 5) is 32.8. The van der Waals surface area contributed by atoms with E-state index >= 15 is 0 Å². The fraction of sp³-hybridized carbons (Fsp3) is 0.292. The summed E-state index contributed by atoms with van der Waals surface area (Å²) in [5.74, 6) is -0.938. The van der Waals surface area contributed by atoms with E-state index in [0.717, 1.165) is 40.7 Å². The Morgan fingerprint density at radius 1 is 1.23 bits per heavy atom. The van der Waals surface area contributed by atoms with Gasteiger partial charge < -0.3 is 15.0 Å². The number of hydrogen-bond donors (Lipinski definition) is 1. The van der Waals surface area contributed by atoms with Crippen molar-refractivity contribution in [3.63, 3.8) is 0 Å². The Kier molecular flexibility index (Phi) is 5.94. The average Bonchev–Trinajstić information content (AvgIpc) is 2.74. The number of aryl methyl sites for hydroxylation is 1. The lowest BCUT2D eigenvalue weighted by Crippen LogP contribution is -2.32. The van der Waals surface area contributed by atoms with Gasteiger partial charge in [-0.2, -0.15) is 0 Å². The molecule has 1 N–H and O–H groups in total. The van der Waals surface area contributed by atoms with Gasteiger partial charge in [-0.05, 0) is 44.7 Å². The van der Waals surface area contributed by atoms with E-state index in [2.05, 4.69) is 10.2 Å². The molecule has 31 heavy (non-hydrogen) atoms. The summed E-state index contributed by atoms with van der Waals surface area (Å²) in [6, 6.07) is 12.8. The third-order valence-corrected chi connectivity index (χ3v) is 5.94. The molecule has 6 nitrogen and oxygen atoms in total. The van der Waals surface area contributed by atoms with Crippen LogP contribution in [0.2, 0.25) is 5.02 Å². The lowest BCUT2D eigenvalue weighted by Gasteiger charge is -2.27. The number of rotatable bonds is 4. The molecule has 2 aromatic carbocycles. The van der Waals surface area contributed by atoms with Gasteiger partial charge in [-0.25, -0.2) is 4.79 Å². The summed E-state index contributed by atoms with van der Waals surface area (Å²) in [6.45, 7) is 4.94. The minimum absolute atomic E-state index is 0.419. The first kappa shape index (κ1) is 21.3. The summed E-state index contributed by atoms with van der Waals surface area (Å²) in [7, 11) is 2.01. The molecule has 1 unspecified atom stereocenters. The number of ether oxygens (including phenoxy) is 1. The number of carbonyl (C=O) groups excluding carboxylic acids is 2. The van der Waals surface area contributed by atoms with Gasteiger partial charge in [-0.15, -0.1) is 0 Å². The van der Waals surface area contributed by atoms with Crippen molar-refractivity contribution >= 4 is 40.1 Å². The predicted octanol–water partition coefficient (Wildman–Crippen LogP) is 4.37. The molecule has 1 atom stereocenters. The Balaban J connectivity index is 1.60. The second-order valence-corrected chi connectivity index (χ2v) is 8.32. The van der Waals surface area contributed by atoms with E-state index in [1.54, 1.807) is 19.1 Å². The Labute approximate surface area is 186 Å². The predicted molar refractivity (Wildman–Crippen MR) is 121 cm³/mol. The summed E-state index contributed by atoms with van der Waals surface area (Å²) in [5.41, 5.74) is 4.50. The van der Waals surface area contributed by atoms with Gasteiger partial charge in [0.2, 0.25) is 0 Å². The van der Waals surface area contributed by atoms with Crippen LogP contribution in [-0.4, -0.2) is 41.5 Å². The smallest absolute Gasteiger partial charge is 0.339 e. The van der Waals surface area contributed by atoms with Crippen molar-refractivity contribution in [1.29, 1.82) is 0 Å². The number of fused-ring (bicyclic) bond motifs is 2. The fourth-order valence-electron chi connectivity index (χ4n) is 3.75. The summed E-state index contributed by atoms with van der Waals surface area (Å²) in [5, 5.41) is 4.04. The molecular formula is C24H24ClN3O3. The maximum Gasteiger partial charge on any atom is 0.339 e. The molecule has 3 aromatic rings. The standard InChI is InChI=1S/C24H24ClN3O3/c1-14-8-9-16(12-19(14)25)26-23(29)15(2)31-24(30)22-17-6-4-5-7-20(17)27-21-10-11-28(3)13-18(21)22/h4-9,12,15H,10-11,13H2,1-3H3,(H,26,29). The second kappa shape index (κ2) is 8.65. The van der Waals surface area contributed by atoms with Gasteiger partial charge in [0.05, 0.1) is 11.1 Å². The molecule has 0 radical (unpaired) electrons. The average molecular weight is 438 g/mol. The van der Waals surface area contributed by atoms with Crippen LogP contribution in [0.3, 0.4) is 0 Å². The number of aromatic nitrogens is 1. The molecule has 7 heteroatoms. The molecule has 0 aliphatic carbocycles. The first-order chi connectivity index (χ1) is 14.8. The molecule has 0 fully saturated rings. The number of halogens is 1. The number of hydrogen-bond acceptors (Lipinski definition) is 5. The molecule has 2 heterocycles. The van der Waals surface area contributed by atoms with Crippen LogP contribution in [0.15, 0.2) is 42.5 Å². The van der Waals surface area contributed by atoms with Crippen molar-refractivity contribution in [3.05, 3.63) is 69.9 Å². The van der Waals surface area contributed by atoms with E-state index in [0.29, 0.717) is 22.8 Å². The summed E-state index contributed by atoms with van der Waals surface area (Å²) >= 11 is 6.13. The van der Waals surface area contributed by atoms with Gasteiger partial charge in [-0.1, -0.05) is 35.9 Å². The minimum Gasteiger partial charge on any atom is -0.449 e. The van der Waals surface area contributed by atoms with Gasteiger partial charge >= 0.3 is 5.97 Å². The molecule has 160 valence electrons. The number of likely N-dealkylation sites (N-methyl/N-ethyl adjacent to an activating group) is 1. The van der Waals surface area contributed by atoms with E-state index in [1.165, 1.54) is 0 Å². The highest BCUT2D eigenvalue weighted by atomic mass is 35.5. The molecule has 4 rings (SSSR count). The van der Waals surface area contributed by atoms with E-state index < -0.39 is 18.0 Å². The molecule has 1 aliphatic heterocycles. The van der Waals surface area contributed by atoms with E-state index in [-0.39, 0.29) is 0 Å². The number of esters is 1. The zero-order valence-electron chi connectivity index (χ0n) is 17.7. The highest BCUT2D eigenvalue weighted by Gasteiger charge is 2.27. The normalized spacial score (nSPS) is 14.7. The molecular weight excluding hydrogens is 414 g/mol. The highest BCUT2D eigenvalue weighted by Crippen LogP contribution is 2.29. The Bertz CT molecular complexity index is 1180. The lowest BCUT2D eigenvalue weighted by molar-refractivity contribution is -0.123. The zero-order chi connectivity index (χ0) is 22.1. The van der Waals surface area contributed by atoms with Crippen molar-refractivity contribution in [3.8, 4) is 0 Å². The highest BCUT2D eigenvalue weighted by molar-refractivity contribution is 6.31. The summed E-state index contributed by atoms with van der Waals surface area (Å²) in [6.07, 6.45) is -0.210. The van der Waals surface area contributed by atoms with E-state index in [4.69, 9.17) is 21.3 Å². The quantitative estimate of drug-likeness (QED) is 0.614. The lowest BCUT2D eigenvalue weighted by atomic mass is 9.96. The number of nitrogens with one attached hydrogen (secondary N) is 1. The van der Waals surface area contributed by atoms with Crippen LogP contribution < -0.4 is 5.32 Å². The van der Waals surface area contributed by atoms with Gasteiger partial charge in [0, 0.05) is 46.9 Å². The maximum atomic E-state index is 13.2.